The Bertz CT molecular complexity index is 1120. The summed E-state index contributed by atoms with van der Waals surface area (Å²) in [4.78, 5) is 7.94. The van der Waals surface area contributed by atoms with Crippen LogP contribution in [-0.2, 0) is 0 Å². The van der Waals surface area contributed by atoms with Crippen molar-refractivity contribution in [2.75, 3.05) is 12.4 Å². The highest BCUT2D eigenvalue weighted by Crippen LogP contribution is 2.37. The summed E-state index contributed by atoms with van der Waals surface area (Å²) in [5.74, 6) is 0.174. The molecule has 10 heteroatoms. The van der Waals surface area contributed by atoms with Gasteiger partial charge in [-0.25, -0.2) is 18.7 Å². The third kappa shape index (κ3) is 3.87. The number of rotatable bonds is 6. The Morgan fingerprint density at radius 2 is 1.82 bits per heavy atom. The topological polar surface area (TPSA) is 72.8 Å². The van der Waals surface area contributed by atoms with Gasteiger partial charge in [0, 0.05) is 5.39 Å². The maximum absolute atomic E-state index is 13.2. The lowest BCUT2D eigenvalue weighted by molar-refractivity contribution is 0.140. The predicted molar refractivity (Wildman–Crippen MR) is 105 cm³/mol. The molecule has 1 N–H and O–H groups in total. The smallest absolute Gasteiger partial charge is 0.297 e. The molecule has 0 amide bonds. The highest BCUT2D eigenvalue weighted by Gasteiger charge is 2.17. The van der Waals surface area contributed by atoms with Crippen LogP contribution in [0.5, 0.6) is 5.75 Å². The lowest BCUT2D eigenvalue weighted by Crippen LogP contribution is -1.98. The summed E-state index contributed by atoms with van der Waals surface area (Å²) in [6.07, 6.45) is -2.75. The van der Waals surface area contributed by atoms with Gasteiger partial charge in [-0.3, -0.25) is 0 Å². The Kier molecular flexibility index (Phi) is 5.31. The first kappa shape index (κ1) is 18.5. The van der Waals surface area contributed by atoms with E-state index in [-0.39, 0.29) is 0 Å². The van der Waals surface area contributed by atoms with Gasteiger partial charge in [-0.2, -0.15) is 0 Å². The van der Waals surface area contributed by atoms with E-state index in [0.29, 0.717) is 31.1 Å². The third-order valence-electron chi connectivity index (χ3n) is 3.72. The number of hydrogen-bond donors (Lipinski definition) is 1. The average molecular weight is 417 g/mol. The third-order valence-corrected chi connectivity index (χ3v) is 5.61. The lowest BCUT2D eigenvalue weighted by Gasteiger charge is -2.07. The van der Waals surface area contributed by atoms with Gasteiger partial charge in [0.1, 0.15) is 10.8 Å². The highest BCUT2D eigenvalue weighted by molar-refractivity contribution is 8.01. The minimum Gasteiger partial charge on any atom is -0.495 e. The molecule has 0 aliphatic rings. The molecule has 2 aromatic carbocycles. The van der Waals surface area contributed by atoms with Gasteiger partial charge in [0.05, 0.1) is 18.3 Å². The molecule has 0 aliphatic carbocycles. The molecule has 2 aromatic heterocycles. The molecule has 4 rings (SSSR count). The molecule has 0 aliphatic heterocycles. The largest absolute Gasteiger partial charge is 0.495 e. The van der Waals surface area contributed by atoms with Gasteiger partial charge in [0.15, 0.2) is 10.2 Å². The number of alkyl halides is 2. The molecule has 0 unspecified atom stereocenters. The Morgan fingerprint density at radius 3 is 2.64 bits per heavy atom. The zero-order valence-corrected chi connectivity index (χ0v) is 16.1. The van der Waals surface area contributed by atoms with E-state index in [9.17, 15) is 8.78 Å². The average Bonchev–Trinajstić information content (AvgIpc) is 3.15. The Morgan fingerprint density at radius 1 is 1.04 bits per heavy atom. The monoisotopic (exact) mass is 417 g/mol. The van der Waals surface area contributed by atoms with E-state index in [1.807, 2.05) is 30.3 Å². The van der Waals surface area contributed by atoms with Crippen LogP contribution in [0.4, 0.5) is 19.6 Å². The SMILES string of the molecule is COc1ccccc1Nc1nnc(Sc2nc(C(F)F)nc3ccccc23)s1. The van der Waals surface area contributed by atoms with Crippen molar-refractivity contribution in [2.45, 2.75) is 15.8 Å². The number of aromatic nitrogens is 4. The van der Waals surface area contributed by atoms with Crippen LogP contribution in [0.15, 0.2) is 57.9 Å². The quantitative estimate of drug-likeness (QED) is 0.426. The van der Waals surface area contributed by atoms with E-state index in [1.165, 1.54) is 23.1 Å². The number of benzene rings is 2. The molecule has 0 saturated carbocycles. The first-order valence-corrected chi connectivity index (χ1v) is 9.73. The number of para-hydroxylation sites is 3. The Hall–Kier alpha value is -2.85. The van der Waals surface area contributed by atoms with E-state index in [0.717, 1.165) is 5.69 Å². The molecule has 0 bridgehead atoms. The minimum absolute atomic E-state index is 0.417. The lowest BCUT2D eigenvalue weighted by atomic mass is 10.2. The molecular weight excluding hydrogens is 404 g/mol. The van der Waals surface area contributed by atoms with Crippen LogP contribution in [0.3, 0.4) is 0 Å². The van der Waals surface area contributed by atoms with Crippen molar-refractivity contribution in [1.29, 1.82) is 0 Å². The summed E-state index contributed by atoms with van der Waals surface area (Å²) < 4.78 is 32.2. The van der Waals surface area contributed by atoms with Crippen molar-refractivity contribution >= 4 is 44.8 Å². The molecule has 0 radical (unpaired) electrons. The Labute approximate surface area is 167 Å². The zero-order chi connectivity index (χ0) is 19.5. The molecule has 4 aromatic rings. The summed E-state index contributed by atoms with van der Waals surface area (Å²) in [7, 11) is 1.59. The van der Waals surface area contributed by atoms with Gasteiger partial charge < -0.3 is 10.1 Å². The summed E-state index contributed by atoms with van der Waals surface area (Å²) in [6.45, 7) is 0. The van der Waals surface area contributed by atoms with Crippen LogP contribution < -0.4 is 10.1 Å². The number of halogens is 2. The van der Waals surface area contributed by atoms with Gasteiger partial charge in [-0.1, -0.05) is 41.7 Å². The van der Waals surface area contributed by atoms with Gasteiger partial charge in [0.25, 0.3) is 6.43 Å². The first-order valence-electron chi connectivity index (χ1n) is 8.10. The van der Waals surface area contributed by atoms with Crippen LogP contribution in [0.1, 0.15) is 12.2 Å². The van der Waals surface area contributed by atoms with Crippen LogP contribution in [0, 0.1) is 0 Å². The number of hydrogen-bond acceptors (Lipinski definition) is 8. The van der Waals surface area contributed by atoms with E-state index in [1.54, 1.807) is 25.3 Å². The maximum atomic E-state index is 13.2. The maximum Gasteiger partial charge on any atom is 0.297 e. The molecule has 28 heavy (non-hydrogen) atoms. The van der Waals surface area contributed by atoms with Crippen molar-refractivity contribution in [1.82, 2.24) is 20.2 Å². The van der Waals surface area contributed by atoms with E-state index in [2.05, 4.69) is 25.5 Å². The summed E-state index contributed by atoms with van der Waals surface area (Å²) in [6, 6.07) is 14.5. The van der Waals surface area contributed by atoms with Gasteiger partial charge >= 0.3 is 0 Å². The molecule has 2 heterocycles. The summed E-state index contributed by atoms with van der Waals surface area (Å²) in [5, 5.41) is 13.0. The van der Waals surface area contributed by atoms with Gasteiger partial charge in [-0.15, -0.1) is 10.2 Å². The van der Waals surface area contributed by atoms with E-state index >= 15 is 0 Å². The summed E-state index contributed by atoms with van der Waals surface area (Å²) >= 11 is 2.47. The number of nitrogens with zero attached hydrogens (tertiary/aromatic N) is 4. The van der Waals surface area contributed by atoms with Gasteiger partial charge in [0.2, 0.25) is 5.13 Å². The van der Waals surface area contributed by atoms with Gasteiger partial charge in [-0.05, 0) is 30.0 Å². The first-order chi connectivity index (χ1) is 13.6. The fourth-order valence-corrected chi connectivity index (χ4v) is 4.29. The van der Waals surface area contributed by atoms with Crippen molar-refractivity contribution in [3.8, 4) is 5.75 Å². The van der Waals surface area contributed by atoms with Crippen LogP contribution in [0.2, 0.25) is 0 Å². The highest BCUT2D eigenvalue weighted by atomic mass is 32.2. The predicted octanol–water partition coefficient (Wildman–Crippen LogP) is 5.32. The van der Waals surface area contributed by atoms with E-state index in [4.69, 9.17) is 4.74 Å². The molecular formula is C18H13F2N5OS2. The van der Waals surface area contributed by atoms with Crippen LogP contribution in [0.25, 0.3) is 10.9 Å². The number of anilines is 2. The normalized spacial score (nSPS) is 11.1. The molecule has 6 nitrogen and oxygen atoms in total. The van der Waals surface area contributed by atoms with Crippen molar-refractivity contribution in [3.05, 3.63) is 54.4 Å². The summed E-state index contributed by atoms with van der Waals surface area (Å²) in [5.41, 5.74) is 1.22. The van der Waals surface area contributed by atoms with Crippen LogP contribution >= 0.6 is 23.1 Å². The molecule has 0 spiro atoms. The second-order valence-electron chi connectivity index (χ2n) is 5.51. The van der Waals surface area contributed by atoms with Crippen molar-refractivity contribution in [3.63, 3.8) is 0 Å². The standard InChI is InChI=1S/C18H13F2N5OS2/c1-26-13-9-5-4-8-12(13)22-17-24-25-18(28-17)27-16-10-6-2-3-7-11(10)21-15(23-16)14(19)20/h2-9,14H,1H3,(H,22,24). The zero-order valence-electron chi connectivity index (χ0n) is 14.5. The molecule has 0 fully saturated rings. The van der Waals surface area contributed by atoms with Crippen molar-refractivity contribution in [2.24, 2.45) is 0 Å². The van der Waals surface area contributed by atoms with E-state index < -0.39 is 12.2 Å². The number of methoxy groups -OCH3 is 1. The molecule has 142 valence electrons. The minimum atomic E-state index is -2.75. The number of fused-ring (bicyclic) bond motifs is 1. The molecule has 0 atom stereocenters. The second kappa shape index (κ2) is 8.03. The van der Waals surface area contributed by atoms with Crippen molar-refractivity contribution < 1.29 is 13.5 Å². The molecule has 0 saturated heterocycles. The second-order valence-corrected chi connectivity index (χ2v) is 7.72. The fourth-order valence-electron chi connectivity index (χ4n) is 2.49. The number of ether oxygens (including phenoxy) is 1. The van der Waals surface area contributed by atoms with Crippen LogP contribution in [-0.4, -0.2) is 27.3 Å². The fraction of sp³-hybridized carbons (Fsp3) is 0.111. The number of nitrogens with one attached hydrogen (secondary N) is 1. The Balaban J connectivity index is 1.62.